The van der Waals surface area contributed by atoms with E-state index in [2.05, 4.69) is 48.4 Å². The Labute approximate surface area is 179 Å². The summed E-state index contributed by atoms with van der Waals surface area (Å²) in [5, 5.41) is 11.3. The Kier molecular flexibility index (Phi) is 10.2. The number of halogens is 1. The average molecular weight is 485 g/mol. The Morgan fingerprint density at radius 3 is 2.56 bits per heavy atom. The average Bonchev–Trinajstić information content (AvgIpc) is 2.86. The zero-order chi connectivity index (χ0) is 18.9. The van der Waals surface area contributed by atoms with Crippen molar-refractivity contribution in [3.8, 4) is 5.75 Å². The molecule has 1 unspecified atom stereocenters. The zero-order valence-corrected chi connectivity index (χ0v) is 19.3. The Balaban J connectivity index is 0.00000364. The van der Waals surface area contributed by atoms with Crippen LogP contribution < -0.4 is 15.4 Å². The normalized spacial score (nSPS) is 12.3. The standard InChI is InChI=1S/C20H31N5O.HI/c1-6-21-20(22-12-13-26-18-10-8-7-9-11-18)23-15(2)14-19-16(3)24-25(5)17(19)4;/h7-11,15H,6,12-14H2,1-5H3,(H2,21,22,23);1H. The Hall–Kier alpha value is -1.77. The van der Waals surface area contributed by atoms with Gasteiger partial charge in [0, 0.05) is 25.3 Å². The molecule has 1 aromatic heterocycles. The number of rotatable bonds is 8. The van der Waals surface area contributed by atoms with Gasteiger partial charge in [-0.05, 0) is 51.8 Å². The van der Waals surface area contributed by atoms with Gasteiger partial charge < -0.3 is 15.4 Å². The van der Waals surface area contributed by atoms with Gasteiger partial charge in [0.2, 0.25) is 0 Å². The van der Waals surface area contributed by atoms with Gasteiger partial charge in [-0.1, -0.05) is 18.2 Å². The molecule has 0 aliphatic heterocycles. The summed E-state index contributed by atoms with van der Waals surface area (Å²) in [6, 6.07) is 10.1. The highest BCUT2D eigenvalue weighted by molar-refractivity contribution is 14.0. The molecular weight excluding hydrogens is 453 g/mol. The minimum absolute atomic E-state index is 0. The molecule has 1 heterocycles. The van der Waals surface area contributed by atoms with E-state index in [1.165, 1.54) is 11.3 Å². The van der Waals surface area contributed by atoms with E-state index in [9.17, 15) is 0 Å². The van der Waals surface area contributed by atoms with Gasteiger partial charge in [-0.2, -0.15) is 5.10 Å². The summed E-state index contributed by atoms with van der Waals surface area (Å²) in [5.41, 5.74) is 3.61. The third-order valence-electron chi connectivity index (χ3n) is 4.27. The summed E-state index contributed by atoms with van der Waals surface area (Å²) in [6.07, 6.45) is 0.913. The number of hydrogen-bond acceptors (Lipinski definition) is 3. The summed E-state index contributed by atoms with van der Waals surface area (Å²) < 4.78 is 7.64. The number of nitrogens with one attached hydrogen (secondary N) is 2. The number of hydrogen-bond donors (Lipinski definition) is 2. The van der Waals surface area contributed by atoms with Gasteiger partial charge in [-0.3, -0.25) is 4.68 Å². The van der Waals surface area contributed by atoms with E-state index in [4.69, 9.17) is 4.74 Å². The van der Waals surface area contributed by atoms with Crippen LogP contribution in [0.2, 0.25) is 0 Å². The number of aryl methyl sites for hydroxylation is 2. The van der Waals surface area contributed by atoms with Crippen molar-refractivity contribution >= 4 is 29.9 Å². The molecule has 27 heavy (non-hydrogen) atoms. The van der Waals surface area contributed by atoms with Crippen molar-refractivity contribution in [1.82, 2.24) is 20.4 Å². The first-order valence-electron chi connectivity index (χ1n) is 9.23. The van der Waals surface area contributed by atoms with E-state index >= 15 is 0 Å². The lowest BCUT2D eigenvalue weighted by molar-refractivity contribution is 0.328. The first-order valence-corrected chi connectivity index (χ1v) is 9.23. The number of para-hydroxylation sites is 1. The van der Waals surface area contributed by atoms with Crippen LogP contribution in [0.4, 0.5) is 0 Å². The van der Waals surface area contributed by atoms with Crippen LogP contribution in [0.25, 0.3) is 0 Å². The second kappa shape index (κ2) is 11.8. The molecule has 1 atom stereocenters. The maximum Gasteiger partial charge on any atom is 0.191 e. The van der Waals surface area contributed by atoms with E-state index in [1.807, 2.05) is 42.1 Å². The fourth-order valence-corrected chi connectivity index (χ4v) is 2.86. The second-order valence-corrected chi connectivity index (χ2v) is 6.44. The first-order chi connectivity index (χ1) is 12.5. The molecule has 0 saturated carbocycles. The summed E-state index contributed by atoms with van der Waals surface area (Å²) in [5.74, 6) is 1.69. The van der Waals surface area contributed by atoms with E-state index in [0.717, 1.165) is 30.4 Å². The van der Waals surface area contributed by atoms with E-state index in [1.54, 1.807) is 0 Å². The summed E-state index contributed by atoms with van der Waals surface area (Å²) >= 11 is 0. The summed E-state index contributed by atoms with van der Waals surface area (Å²) in [6.45, 7) is 10.4. The number of ether oxygens (including phenoxy) is 1. The van der Waals surface area contributed by atoms with Crippen LogP contribution in [0.15, 0.2) is 35.3 Å². The van der Waals surface area contributed by atoms with Crippen LogP contribution in [-0.2, 0) is 13.5 Å². The van der Waals surface area contributed by atoms with Crippen LogP contribution in [0.3, 0.4) is 0 Å². The summed E-state index contributed by atoms with van der Waals surface area (Å²) in [7, 11) is 1.99. The molecule has 6 nitrogen and oxygen atoms in total. The number of benzene rings is 1. The molecule has 2 rings (SSSR count). The van der Waals surface area contributed by atoms with Crippen molar-refractivity contribution in [3.63, 3.8) is 0 Å². The Bertz CT molecular complexity index is 715. The van der Waals surface area contributed by atoms with Crippen LogP contribution in [0.1, 0.15) is 30.8 Å². The van der Waals surface area contributed by atoms with Gasteiger partial charge in [0.05, 0.1) is 12.2 Å². The fourth-order valence-electron chi connectivity index (χ4n) is 2.86. The quantitative estimate of drug-likeness (QED) is 0.261. The van der Waals surface area contributed by atoms with Crippen molar-refractivity contribution in [3.05, 3.63) is 47.3 Å². The minimum Gasteiger partial charge on any atom is -0.492 e. The molecule has 150 valence electrons. The third kappa shape index (κ3) is 7.40. The maximum absolute atomic E-state index is 5.70. The molecule has 2 N–H and O–H groups in total. The third-order valence-corrected chi connectivity index (χ3v) is 4.27. The highest BCUT2D eigenvalue weighted by Gasteiger charge is 2.13. The molecule has 0 bridgehead atoms. The molecule has 0 radical (unpaired) electrons. The minimum atomic E-state index is 0. The molecule has 0 amide bonds. The lowest BCUT2D eigenvalue weighted by Gasteiger charge is -2.18. The number of nitrogens with zero attached hydrogens (tertiary/aromatic N) is 3. The molecule has 0 aliphatic carbocycles. The van der Waals surface area contributed by atoms with E-state index in [0.29, 0.717) is 13.2 Å². The number of aromatic nitrogens is 2. The van der Waals surface area contributed by atoms with Gasteiger partial charge >= 0.3 is 0 Å². The van der Waals surface area contributed by atoms with Crippen LogP contribution in [0, 0.1) is 13.8 Å². The van der Waals surface area contributed by atoms with E-state index < -0.39 is 0 Å². The molecular formula is C20H32IN5O. The maximum atomic E-state index is 5.70. The van der Waals surface area contributed by atoms with Crippen molar-refractivity contribution in [1.29, 1.82) is 0 Å². The largest absolute Gasteiger partial charge is 0.492 e. The Morgan fingerprint density at radius 2 is 1.96 bits per heavy atom. The fraction of sp³-hybridized carbons (Fsp3) is 0.500. The van der Waals surface area contributed by atoms with Gasteiger partial charge in [0.15, 0.2) is 5.96 Å². The highest BCUT2D eigenvalue weighted by Crippen LogP contribution is 2.14. The first kappa shape index (κ1) is 23.3. The zero-order valence-electron chi connectivity index (χ0n) is 17.0. The van der Waals surface area contributed by atoms with Gasteiger partial charge in [-0.15, -0.1) is 24.0 Å². The van der Waals surface area contributed by atoms with Crippen LogP contribution >= 0.6 is 24.0 Å². The van der Waals surface area contributed by atoms with Gasteiger partial charge in [0.25, 0.3) is 0 Å². The van der Waals surface area contributed by atoms with Crippen molar-refractivity contribution in [2.75, 3.05) is 19.7 Å². The van der Waals surface area contributed by atoms with Crippen molar-refractivity contribution < 1.29 is 4.74 Å². The smallest absolute Gasteiger partial charge is 0.191 e. The number of aliphatic imine (C=N–C) groups is 1. The highest BCUT2D eigenvalue weighted by atomic mass is 127. The summed E-state index contributed by atoms with van der Waals surface area (Å²) in [4.78, 5) is 4.61. The molecule has 0 spiro atoms. The lowest BCUT2D eigenvalue weighted by atomic mass is 10.1. The monoisotopic (exact) mass is 485 g/mol. The molecule has 2 aromatic rings. The van der Waals surface area contributed by atoms with Gasteiger partial charge in [0.1, 0.15) is 12.4 Å². The van der Waals surface area contributed by atoms with E-state index in [-0.39, 0.29) is 30.0 Å². The van der Waals surface area contributed by atoms with Crippen LogP contribution in [-0.4, -0.2) is 41.5 Å². The van der Waals surface area contributed by atoms with Gasteiger partial charge in [-0.25, -0.2) is 4.99 Å². The molecule has 1 aromatic carbocycles. The SMILES string of the molecule is CCNC(=NCCOc1ccccc1)NC(C)Cc1c(C)nn(C)c1C.I. The topological polar surface area (TPSA) is 63.5 Å². The number of guanidine groups is 1. The second-order valence-electron chi connectivity index (χ2n) is 6.44. The van der Waals surface area contributed by atoms with Crippen molar-refractivity contribution in [2.45, 2.75) is 40.2 Å². The molecule has 0 aliphatic rings. The molecule has 0 fully saturated rings. The molecule has 7 heteroatoms. The van der Waals surface area contributed by atoms with Crippen LogP contribution in [0.5, 0.6) is 5.75 Å². The Morgan fingerprint density at radius 1 is 1.26 bits per heavy atom. The predicted octanol–water partition coefficient (Wildman–Crippen LogP) is 3.22. The molecule has 0 saturated heterocycles. The predicted molar refractivity (Wildman–Crippen MR) is 122 cm³/mol. The lowest BCUT2D eigenvalue weighted by Crippen LogP contribution is -2.43. The van der Waals surface area contributed by atoms with Crippen molar-refractivity contribution in [2.24, 2.45) is 12.0 Å².